The Hall–Kier alpha value is -1.18. The van der Waals surface area contributed by atoms with Crippen molar-refractivity contribution in [3.8, 4) is 5.75 Å². The third kappa shape index (κ3) is 2.53. The van der Waals surface area contributed by atoms with E-state index < -0.39 is 0 Å². The molecule has 0 N–H and O–H groups in total. The monoisotopic (exact) mass is 306 g/mol. The van der Waals surface area contributed by atoms with Gasteiger partial charge in [0.05, 0.1) is 12.0 Å². The summed E-state index contributed by atoms with van der Waals surface area (Å²) < 4.78 is 5.64. The van der Waals surface area contributed by atoms with Crippen LogP contribution in [0.15, 0.2) is 36.4 Å². The molecule has 0 spiro atoms. The van der Waals surface area contributed by atoms with Gasteiger partial charge in [0.2, 0.25) is 0 Å². The van der Waals surface area contributed by atoms with E-state index in [9.17, 15) is 0 Å². The van der Waals surface area contributed by atoms with Crippen LogP contribution in [0.5, 0.6) is 5.75 Å². The molecule has 1 unspecified atom stereocenters. The molecule has 1 atom stereocenters. The van der Waals surface area contributed by atoms with Crippen LogP contribution in [0.4, 0.5) is 0 Å². The van der Waals surface area contributed by atoms with E-state index in [4.69, 9.17) is 27.9 Å². The van der Waals surface area contributed by atoms with Gasteiger partial charge in [-0.25, -0.2) is 0 Å². The molecule has 0 radical (unpaired) electrons. The Bertz CT molecular complexity index is 637. The van der Waals surface area contributed by atoms with Gasteiger partial charge in [0.25, 0.3) is 0 Å². The zero-order valence-corrected chi connectivity index (χ0v) is 12.8. The number of alkyl halides is 1. The molecule has 104 valence electrons. The number of hydrogen-bond acceptors (Lipinski definition) is 1. The molecule has 1 heterocycles. The zero-order chi connectivity index (χ0) is 14.1. The van der Waals surface area contributed by atoms with Crippen molar-refractivity contribution in [2.24, 2.45) is 0 Å². The summed E-state index contributed by atoms with van der Waals surface area (Å²) in [5.41, 5.74) is 4.33. The van der Waals surface area contributed by atoms with Crippen LogP contribution in [0.25, 0.3) is 0 Å². The van der Waals surface area contributed by atoms with E-state index in [1.54, 1.807) is 0 Å². The maximum Gasteiger partial charge on any atom is 0.122 e. The zero-order valence-electron chi connectivity index (χ0n) is 11.3. The highest BCUT2D eigenvalue weighted by Crippen LogP contribution is 2.37. The van der Waals surface area contributed by atoms with Gasteiger partial charge in [-0.15, -0.1) is 11.6 Å². The standard InChI is InChI=1S/C17H16Cl2O/c1-11-4-2-6-14(16(11)18)17(19)13-7-8-15-12(10-13)5-3-9-20-15/h2,4,6-8,10,17H,3,5,9H2,1H3. The van der Waals surface area contributed by atoms with Crippen LogP contribution in [-0.4, -0.2) is 6.61 Å². The van der Waals surface area contributed by atoms with E-state index in [1.165, 1.54) is 5.56 Å². The lowest BCUT2D eigenvalue weighted by Crippen LogP contribution is -2.09. The van der Waals surface area contributed by atoms with Gasteiger partial charge in [0, 0.05) is 5.02 Å². The number of aryl methyl sites for hydroxylation is 2. The third-order valence-corrected chi connectivity index (χ3v) is 4.72. The third-order valence-electron chi connectivity index (χ3n) is 3.72. The minimum atomic E-state index is -0.227. The average molecular weight is 307 g/mol. The summed E-state index contributed by atoms with van der Waals surface area (Å²) in [7, 11) is 0. The van der Waals surface area contributed by atoms with Crippen LogP contribution in [-0.2, 0) is 6.42 Å². The van der Waals surface area contributed by atoms with Crippen molar-refractivity contribution in [3.63, 3.8) is 0 Å². The summed E-state index contributed by atoms with van der Waals surface area (Å²) in [5.74, 6) is 0.985. The maximum absolute atomic E-state index is 6.63. The van der Waals surface area contributed by atoms with Crippen molar-refractivity contribution in [1.82, 2.24) is 0 Å². The molecule has 0 amide bonds. The number of hydrogen-bond donors (Lipinski definition) is 0. The normalized spacial score (nSPS) is 15.3. The first kappa shape index (κ1) is 13.8. The second-order valence-corrected chi connectivity index (χ2v) is 5.97. The van der Waals surface area contributed by atoms with Gasteiger partial charge in [-0.05, 0) is 48.1 Å². The molecule has 2 aromatic rings. The van der Waals surface area contributed by atoms with Crippen LogP contribution in [0.3, 0.4) is 0 Å². The number of fused-ring (bicyclic) bond motifs is 1. The molecule has 0 bridgehead atoms. The molecule has 0 saturated carbocycles. The highest BCUT2D eigenvalue weighted by Gasteiger charge is 2.18. The van der Waals surface area contributed by atoms with Gasteiger partial charge < -0.3 is 4.74 Å². The first-order valence-electron chi connectivity index (χ1n) is 6.81. The Morgan fingerprint density at radius 3 is 2.90 bits per heavy atom. The van der Waals surface area contributed by atoms with E-state index in [1.807, 2.05) is 37.3 Å². The van der Waals surface area contributed by atoms with Gasteiger partial charge >= 0.3 is 0 Å². The van der Waals surface area contributed by atoms with E-state index in [0.717, 1.165) is 46.9 Å². The Labute approximate surface area is 129 Å². The molecule has 1 aliphatic heterocycles. The molecule has 1 nitrogen and oxygen atoms in total. The SMILES string of the molecule is Cc1cccc(C(Cl)c2ccc3c(c2)CCCO3)c1Cl. The van der Waals surface area contributed by atoms with Crippen LogP contribution >= 0.6 is 23.2 Å². The Kier molecular flexibility index (Phi) is 3.91. The number of halogens is 2. The van der Waals surface area contributed by atoms with Crippen LogP contribution in [0, 0.1) is 6.92 Å². The summed E-state index contributed by atoms with van der Waals surface area (Å²) >= 11 is 13.0. The Morgan fingerprint density at radius 2 is 2.05 bits per heavy atom. The minimum Gasteiger partial charge on any atom is -0.493 e. The van der Waals surface area contributed by atoms with Gasteiger partial charge in [-0.3, -0.25) is 0 Å². The highest BCUT2D eigenvalue weighted by atomic mass is 35.5. The molecule has 3 rings (SSSR count). The maximum atomic E-state index is 6.63. The second kappa shape index (κ2) is 5.67. The summed E-state index contributed by atoms with van der Waals surface area (Å²) in [6.45, 7) is 2.80. The molecule has 0 fully saturated rings. The van der Waals surface area contributed by atoms with Gasteiger partial charge in [-0.2, -0.15) is 0 Å². The average Bonchev–Trinajstić information content (AvgIpc) is 2.49. The van der Waals surface area contributed by atoms with Crippen LogP contribution in [0.1, 0.15) is 34.1 Å². The minimum absolute atomic E-state index is 0.227. The van der Waals surface area contributed by atoms with Crippen molar-refractivity contribution in [3.05, 3.63) is 63.7 Å². The van der Waals surface area contributed by atoms with Crippen molar-refractivity contribution >= 4 is 23.2 Å². The first-order chi connectivity index (χ1) is 9.66. The lowest BCUT2D eigenvalue weighted by atomic mass is 9.98. The summed E-state index contributed by atoms with van der Waals surface area (Å²) in [6.07, 6.45) is 2.11. The lowest BCUT2D eigenvalue weighted by molar-refractivity contribution is 0.288. The molecule has 0 aliphatic carbocycles. The van der Waals surface area contributed by atoms with Crippen molar-refractivity contribution in [2.45, 2.75) is 25.1 Å². The highest BCUT2D eigenvalue weighted by molar-refractivity contribution is 6.33. The van der Waals surface area contributed by atoms with Crippen molar-refractivity contribution in [1.29, 1.82) is 0 Å². The van der Waals surface area contributed by atoms with E-state index in [0.29, 0.717) is 0 Å². The molecule has 2 aromatic carbocycles. The van der Waals surface area contributed by atoms with Gasteiger partial charge in [-0.1, -0.05) is 41.9 Å². The molecular formula is C17H16Cl2O. The molecule has 3 heteroatoms. The predicted octanol–water partition coefficient (Wildman–Crippen LogP) is 5.30. The fourth-order valence-electron chi connectivity index (χ4n) is 2.58. The second-order valence-electron chi connectivity index (χ2n) is 5.16. The largest absolute Gasteiger partial charge is 0.493 e. The molecule has 20 heavy (non-hydrogen) atoms. The quantitative estimate of drug-likeness (QED) is 0.684. The van der Waals surface area contributed by atoms with Gasteiger partial charge in [0.15, 0.2) is 0 Å². The summed E-state index contributed by atoms with van der Waals surface area (Å²) in [6, 6.07) is 12.2. The number of benzene rings is 2. The van der Waals surface area contributed by atoms with Gasteiger partial charge in [0.1, 0.15) is 5.75 Å². The summed E-state index contributed by atoms with van der Waals surface area (Å²) in [5, 5.41) is 0.524. The van der Waals surface area contributed by atoms with E-state index in [2.05, 4.69) is 6.07 Å². The summed E-state index contributed by atoms with van der Waals surface area (Å²) in [4.78, 5) is 0. The molecule has 1 aliphatic rings. The fourth-order valence-corrected chi connectivity index (χ4v) is 3.19. The Balaban J connectivity index is 1.98. The fraction of sp³-hybridized carbons (Fsp3) is 0.294. The topological polar surface area (TPSA) is 9.23 Å². The van der Waals surface area contributed by atoms with Crippen molar-refractivity contribution in [2.75, 3.05) is 6.61 Å². The molecule has 0 saturated heterocycles. The first-order valence-corrected chi connectivity index (χ1v) is 7.63. The van der Waals surface area contributed by atoms with E-state index in [-0.39, 0.29) is 5.38 Å². The molecular weight excluding hydrogens is 291 g/mol. The lowest BCUT2D eigenvalue weighted by Gasteiger charge is -2.20. The van der Waals surface area contributed by atoms with E-state index >= 15 is 0 Å². The number of ether oxygens (including phenoxy) is 1. The van der Waals surface area contributed by atoms with Crippen molar-refractivity contribution < 1.29 is 4.74 Å². The molecule has 0 aromatic heterocycles. The van der Waals surface area contributed by atoms with Crippen LogP contribution < -0.4 is 4.74 Å². The smallest absolute Gasteiger partial charge is 0.122 e. The Morgan fingerprint density at radius 1 is 1.20 bits per heavy atom. The number of rotatable bonds is 2. The van der Waals surface area contributed by atoms with Crippen LogP contribution in [0.2, 0.25) is 5.02 Å². The predicted molar refractivity (Wildman–Crippen MR) is 84.1 cm³/mol.